The monoisotopic (exact) mass is 580 g/mol. The fourth-order valence-corrected chi connectivity index (χ4v) is 3.86. The number of ether oxygens (including phenoxy) is 1. The van der Waals surface area contributed by atoms with Crippen molar-refractivity contribution in [2.75, 3.05) is 22.5 Å². The summed E-state index contributed by atoms with van der Waals surface area (Å²) < 4.78 is 46.4. The van der Waals surface area contributed by atoms with Gasteiger partial charge in [0, 0.05) is 39.4 Å². The van der Waals surface area contributed by atoms with Gasteiger partial charge in [-0.2, -0.15) is 4.98 Å². The molecule has 0 fully saturated rings. The number of aromatic nitrogens is 3. The maximum atomic E-state index is 12.4. The highest BCUT2D eigenvalue weighted by Gasteiger charge is 2.31. The van der Waals surface area contributed by atoms with E-state index in [9.17, 15) is 18.0 Å². The summed E-state index contributed by atoms with van der Waals surface area (Å²) in [5.74, 6) is 0.440. The molecule has 3 N–H and O–H groups in total. The van der Waals surface area contributed by atoms with Gasteiger partial charge in [0.05, 0.1) is 6.54 Å². The topological polar surface area (TPSA) is 114 Å². The van der Waals surface area contributed by atoms with Crippen LogP contribution in [0.1, 0.15) is 0 Å². The molecule has 0 bridgehead atoms. The number of rotatable bonds is 9. The summed E-state index contributed by atoms with van der Waals surface area (Å²) in [4.78, 5) is 21.0. The minimum Gasteiger partial charge on any atom is -0.406 e. The molecule has 0 radical (unpaired) electrons. The van der Waals surface area contributed by atoms with Crippen molar-refractivity contribution in [2.45, 2.75) is 6.36 Å². The number of carbonyl (C=O) groups excluding carboxylic acids is 1. The summed E-state index contributed by atoms with van der Waals surface area (Å²) >= 11 is 5.95. The lowest BCUT2D eigenvalue weighted by atomic mass is 10.2. The number of benzene rings is 3. The van der Waals surface area contributed by atoms with Crippen LogP contribution >= 0.6 is 11.6 Å². The highest BCUT2D eigenvalue weighted by molar-refractivity contribution is 6.30. The summed E-state index contributed by atoms with van der Waals surface area (Å²) in [7, 11) is 0. The highest BCUT2D eigenvalue weighted by Crippen LogP contribution is 2.27. The zero-order chi connectivity index (χ0) is 28.8. The second kappa shape index (κ2) is 12.0. The van der Waals surface area contributed by atoms with Gasteiger partial charge in [-0.3, -0.25) is 4.79 Å². The highest BCUT2D eigenvalue weighted by atomic mass is 35.5. The number of hydrogen-bond donors (Lipinski definition) is 3. The van der Waals surface area contributed by atoms with E-state index in [0.717, 1.165) is 5.69 Å². The first-order chi connectivity index (χ1) is 19.7. The van der Waals surface area contributed by atoms with Crippen LogP contribution in [-0.2, 0) is 4.79 Å². The van der Waals surface area contributed by atoms with Gasteiger partial charge >= 0.3 is 6.36 Å². The molecule has 0 aliphatic carbocycles. The van der Waals surface area contributed by atoms with Gasteiger partial charge in [0.25, 0.3) is 5.89 Å². The van der Waals surface area contributed by atoms with Crippen molar-refractivity contribution in [2.24, 2.45) is 0 Å². The Kier molecular flexibility index (Phi) is 8.01. The smallest absolute Gasteiger partial charge is 0.406 e. The minimum atomic E-state index is -4.76. The van der Waals surface area contributed by atoms with Gasteiger partial charge in [0.1, 0.15) is 11.6 Å². The van der Waals surface area contributed by atoms with Crippen LogP contribution in [0.3, 0.4) is 0 Å². The molecule has 3 aromatic carbocycles. The Morgan fingerprint density at radius 2 is 1.66 bits per heavy atom. The molecular weight excluding hydrogens is 561 g/mol. The number of amides is 1. The quantitative estimate of drug-likeness (QED) is 0.168. The molecule has 2 aromatic heterocycles. The van der Waals surface area contributed by atoms with E-state index >= 15 is 0 Å². The Balaban J connectivity index is 1.19. The van der Waals surface area contributed by atoms with Gasteiger partial charge < -0.3 is 25.2 Å². The molecule has 2 heterocycles. The Hall–Kier alpha value is -5.10. The standard InChI is InChI=1S/C28H20ClF3N6O3/c29-19-2-1-3-22(15-19)34-16-25(39)36-21-6-4-17(5-7-21)27-37-26(38-41-27)18-12-13-33-24(14-18)35-20-8-10-23(11-9-20)40-28(30,31)32/h1-15,34H,16H2,(H,33,35)(H,36,39). The van der Waals surface area contributed by atoms with Crippen molar-refractivity contribution < 1.29 is 27.2 Å². The minimum absolute atomic E-state index is 0.0652. The van der Waals surface area contributed by atoms with Crippen molar-refractivity contribution in [1.29, 1.82) is 0 Å². The molecule has 0 unspecified atom stereocenters. The molecule has 13 heteroatoms. The SMILES string of the molecule is O=C(CNc1cccc(Cl)c1)Nc1ccc(-c2nc(-c3ccnc(Nc4ccc(OC(F)(F)F)cc4)c3)no2)cc1. The summed E-state index contributed by atoms with van der Waals surface area (Å²) in [6, 6.07) is 22.6. The average Bonchev–Trinajstić information content (AvgIpc) is 3.44. The first kappa shape index (κ1) is 27.5. The third-order valence-corrected chi connectivity index (χ3v) is 5.73. The van der Waals surface area contributed by atoms with Crippen LogP contribution in [0.25, 0.3) is 22.8 Å². The Morgan fingerprint density at radius 3 is 2.39 bits per heavy atom. The third kappa shape index (κ3) is 7.73. The van der Waals surface area contributed by atoms with Crippen molar-refractivity contribution in [3.63, 3.8) is 0 Å². The fourth-order valence-electron chi connectivity index (χ4n) is 3.67. The van der Waals surface area contributed by atoms with Crippen LogP contribution < -0.4 is 20.7 Å². The summed E-state index contributed by atoms with van der Waals surface area (Å²) in [5, 5.41) is 13.4. The molecule has 0 saturated heterocycles. The van der Waals surface area contributed by atoms with Crippen molar-refractivity contribution >= 4 is 40.4 Å². The first-order valence-corrected chi connectivity index (χ1v) is 12.4. The molecule has 41 heavy (non-hydrogen) atoms. The summed E-state index contributed by atoms with van der Waals surface area (Å²) in [6.07, 6.45) is -3.23. The van der Waals surface area contributed by atoms with Crippen LogP contribution in [-0.4, -0.2) is 33.9 Å². The van der Waals surface area contributed by atoms with Gasteiger partial charge in [0.2, 0.25) is 11.7 Å². The Morgan fingerprint density at radius 1 is 0.902 bits per heavy atom. The second-order valence-corrected chi connectivity index (χ2v) is 8.98. The van der Waals surface area contributed by atoms with E-state index in [2.05, 4.69) is 35.8 Å². The van der Waals surface area contributed by atoms with Crippen molar-refractivity contribution in [3.8, 4) is 28.6 Å². The molecule has 9 nitrogen and oxygen atoms in total. The average molecular weight is 581 g/mol. The lowest BCUT2D eigenvalue weighted by Crippen LogP contribution is -2.21. The number of carbonyl (C=O) groups is 1. The molecule has 5 rings (SSSR count). The predicted octanol–water partition coefficient (Wildman–Crippen LogP) is 7.14. The molecule has 0 aliphatic rings. The van der Waals surface area contributed by atoms with E-state index in [1.807, 2.05) is 6.07 Å². The number of nitrogens with zero attached hydrogens (tertiary/aromatic N) is 3. The lowest BCUT2D eigenvalue weighted by molar-refractivity contribution is -0.274. The van der Waals surface area contributed by atoms with Crippen LogP contribution in [0.4, 0.5) is 36.1 Å². The number of nitrogens with one attached hydrogen (secondary N) is 3. The normalized spacial score (nSPS) is 11.1. The van der Waals surface area contributed by atoms with Crippen molar-refractivity contribution in [3.05, 3.63) is 96.1 Å². The first-order valence-electron chi connectivity index (χ1n) is 12.0. The van der Waals surface area contributed by atoms with Gasteiger partial charge in [0.15, 0.2) is 0 Å². The molecule has 1 amide bonds. The van der Waals surface area contributed by atoms with Crippen LogP contribution in [0.15, 0.2) is 95.6 Å². The maximum Gasteiger partial charge on any atom is 0.573 e. The molecule has 0 aliphatic heterocycles. The Labute approximate surface area is 236 Å². The largest absolute Gasteiger partial charge is 0.573 e. The van der Waals surface area contributed by atoms with E-state index in [1.165, 1.54) is 30.5 Å². The van der Waals surface area contributed by atoms with E-state index in [4.69, 9.17) is 16.1 Å². The molecule has 208 valence electrons. The van der Waals surface area contributed by atoms with Crippen LogP contribution in [0.2, 0.25) is 5.02 Å². The molecule has 5 aromatic rings. The number of pyridine rings is 1. The second-order valence-electron chi connectivity index (χ2n) is 8.54. The van der Waals surface area contributed by atoms with Gasteiger partial charge in [-0.15, -0.1) is 13.2 Å². The number of anilines is 4. The molecular formula is C28H20ClF3N6O3. The van der Waals surface area contributed by atoms with E-state index in [0.29, 0.717) is 39.2 Å². The Bertz CT molecular complexity index is 1640. The molecule has 0 saturated carbocycles. The fraction of sp³-hybridized carbons (Fsp3) is 0.0714. The number of halogens is 4. The predicted molar refractivity (Wildman–Crippen MR) is 148 cm³/mol. The zero-order valence-electron chi connectivity index (χ0n) is 20.9. The van der Waals surface area contributed by atoms with E-state index in [-0.39, 0.29) is 24.1 Å². The number of alkyl halides is 3. The van der Waals surface area contributed by atoms with Gasteiger partial charge in [-0.25, -0.2) is 4.98 Å². The van der Waals surface area contributed by atoms with Crippen LogP contribution in [0, 0.1) is 0 Å². The maximum absolute atomic E-state index is 12.4. The third-order valence-electron chi connectivity index (χ3n) is 5.50. The zero-order valence-corrected chi connectivity index (χ0v) is 21.7. The summed E-state index contributed by atoms with van der Waals surface area (Å²) in [6.45, 7) is 0.0652. The van der Waals surface area contributed by atoms with Gasteiger partial charge in [-0.1, -0.05) is 22.8 Å². The van der Waals surface area contributed by atoms with Crippen molar-refractivity contribution in [1.82, 2.24) is 15.1 Å². The number of hydrogen-bond acceptors (Lipinski definition) is 8. The van der Waals surface area contributed by atoms with Gasteiger partial charge in [-0.05, 0) is 78.9 Å². The molecule has 0 spiro atoms. The van der Waals surface area contributed by atoms with E-state index in [1.54, 1.807) is 54.6 Å². The lowest BCUT2D eigenvalue weighted by Gasteiger charge is -2.10. The summed E-state index contributed by atoms with van der Waals surface area (Å²) in [5.41, 5.74) is 3.08. The molecule has 0 atom stereocenters. The van der Waals surface area contributed by atoms with E-state index < -0.39 is 6.36 Å². The van der Waals surface area contributed by atoms with Crippen LogP contribution in [0.5, 0.6) is 5.75 Å².